The average molecular weight is 515 g/mol. The fraction of sp³-hybridized carbons (Fsp3) is 0.944. The third-order valence-corrected chi connectivity index (χ3v) is 7.46. The zero-order chi connectivity index (χ0) is 18.6. The molecule has 27 heavy (non-hydrogen) atoms. The molecule has 2 unspecified atom stereocenters. The minimum Gasteiger partial charge on any atom is -0.357 e. The van der Waals surface area contributed by atoms with E-state index in [0.29, 0.717) is 31.9 Å². The lowest BCUT2D eigenvalue weighted by molar-refractivity contribution is -0.191. The minimum absolute atomic E-state index is 0. The summed E-state index contributed by atoms with van der Waals surface area (Å²) in [6, 6.07) is 0. The maximum absolute atomic E-state index is 11.6. The molecule has 1 aliphatic carbocycles. The number of rotatable bonds is 5. The standard InChI is InChI=1S/C18H33N3O4S.HI/c1-3-19-17(20-10-15-6-9-26(22,23)13-15)21-11-16-12-24-18(25-16)7-4-14(2)5-8-18;/h14-16H,3-13H2,1-2H3,(H2,19,20,21);1H. The Labute approximate surface area is 180 Å². The summed E-state index contributed by atoms with van der Waals surface area (Å²) in [5.74, 6) is 1.80. The third-order valence-electron chi connectivity index (χ3n) is 5.63. The highest BCUT2D eigenvalue weighted by Gasteiger charge is 2.43. The van der Waals surface area contributed by atoms with Crippen LogP contribution in [0.1, 0.15) is 46.0 Å². The molecule has 2 N–H and O–H groups in total. The molecule has 0 amide bonds. The van der Waals surface area contributed by atoms with E-state index in [1.807, 2.05) is 6.92 Å². The van der Waals surface area contributed by atoms with Crippen LogP contribution in [0.15, 0.2) is 4.99 Å². The van der Waals surface area contributed by atoms with Crippen molar-refractivity contribution in [3.8, 4) is 0 Å². The number of hydrogen-bond acceptors (Lipinski definition) is 5. The second-order valence-corrected chi connectivity index (χ2v) is 10.2. The largest absolute Gasteiger partial charge is 0.357 e. The van der Waals surface area contributed by atoms with Crippen LogP contribution in [0.5, 0.6) is 0 Å². The van der Waals surface area contributed by atoms with E-state index in [9.17, 15) is 8.42 Å². The molecular formula is C18H34IN3O4S. The Kier molecular flexibility index (Phi) is 8.63. The van der Waals surface area contributed by atoms with E-state index in [4.69, 9.17) is 9.47 Å². The highest BCUT2D eigenvalue weighted by molar-refractivity contribution is 14.0. The summed E-state index contributed by atoms with van der Waals surface area (Å²) >= 11 is 0. The Balaban J connectivity index is 0.00000261. The lowest BCUT2D eigenvalue weighted by Crippen LogP contribution is -2.43. The van der Waals surface area contributed by atoms with Crippen molar-refractivity contribution in [3.05, 3.63) is 0 Å². The quantitative estimate of drug-likeness (QED) is 0.331. The van der Waals surface area contributed by atoms with Gasteiger partial charge in [-0.2, -0.15) is 0 Å². The first kappa shape index (κ1) is 23.2. The van der Waals surface area contributed by atoms with Crippen molar-refractivity contribution in [1.82, 2.24) is 10.6 Å². The van der Waals surface area contributed by atoms with Crippen LogP contribution >= 0.6 is 24.0 Å². The minimum atomic E-state index is -2.85. The normalized spacial score (nSPS) is 35.8. The molecule has 9 heteroatoms. The van der Waals surface area contributed by atoms with E-state index in [2.05, 4.69) is 22.5 Å². The Hall–Kier alpha value is -0.130. The van der Waals surface area contributed by atoms with E-state index in [0.717, 1.165) is 44.1 Å². The van der Waals surface area contributed by atoms with Crippen molar-refractivity contribution < 1.29 is 17.9 Å². The van der Waals surface area contributed by atoms with Crippen molar-refractivity contribution in [2.75, 3.05) is 37.7 Å². The van der Waals surface area contributed by atoms with E-state index in [1.165, 1.54) is 0 Å². The molecule has 1 spiro atoms. The van der Waals surface area contributed by atoms with Crippen LogP contribution in [0, 0.1) is 11.8 Å². The van der Waals surface area contributed by atoms with Crippen LogP contribution in [0.2, 0.25) is 0 Å². The molecule has 2 aliphatic heterocycles. The zero-order valence-corrected chi connectivity index (χ0v) is 19.6. The van der Waals surface area contributed by atoms with Gasteiger partial charge in [-0.15, -0.1) is 24.0 Å². The van der Waals surface area contributed by atoms with Gasteiger partial charge >= 0.3 is 0 Å². The molecule has 3 fully saturated rings. The van der Waals surface area contributed by atoms with E-state index < -0.39 is 9.84 Å². The van der Waals surface area contributed by atoms with Crippen molar-refractivity contribution in [2.45, 2.75) is 57.8 Å². The Morgan fingerprint density at radius 3 is 2.59 bits per heavy atom. The SMILES string of the molecule is CCNC(=NCC1CCS(=O)(=O)C1)NCC1COC2(CCC(C)CC2)O1.I. The third kappa shape index (κ3) is 6.71. The van der Waals surface area contributed by atoms with Crippen molar-refractivity contribution in [2.24, 2.45) is 16.8 Å². The molecule has 7 nitrogen and oxygen atoms in total. The van der Waals surface area contributed by atoms with Gasteiger partial charge in [0.2, 0.25) is 0 Å². The molecule has 0 aromatic heterocycles. The second-order valence-electron chi connectivity index (χ2n) is 8.01. The van der Waals surface area contributed by atoms with Crippen molar-refractivity contribution >= 4 is 39.8 Å². The van der Waals surface area contributed by atoms with Crippen LogP contribution in [0.4, 0.5) is 0 Å². The van der Waals surface area contributed by atoms with Gasteiger partial charge in [0.15, 0.2) is 21.6 Å². The zero-order valence-electron chi connectivity index (χ0n) is 16.4. The molecule has 0 aromatic carbocycles. The van der Waals surface area contributed by atoms with Gasteiger partial charge in [-0.05, 0) is 38.0 Å². The van der Waals surface area contributed by atoms with E-state index in [-0.39, 0.29) is 47.5 Å². The van der Waals surface area contributed by atoms with Crippen LogP contribution < -0.4 is 10.6 Å². The van der Waals surface area contributed by atoms with Gasteiger partial charge in [-0.3, -0.25) is 4.99 Å². The summed E-state index contributed by atoms with van der Waals surface area (Å²) < 4.78 is 35.4. The molecule has 0 aromatic rings. The molecule has 1 saturated carbocycles. The number of sulfone groups is 1. The van der Waals surface area contributed by atoms with Crippen LogP contribution in [0.25, 0.3) is 0 Å². The lowest BCUT2D eigenvalue weighted by atomic mass is 9.86. The van der Waals surface area contributed by atoms with Gasteiger partial charge in [0.05, 0.1) is 18.1 Å². The van der Waals surface area contributed by atoms with Gasteiger partial charge < -0.3 is 20.1 Å². The molecule has 2 heterocycles. The summed E-state index contributed by atoms with van der Waals surface area (Å²) in [5.41, 5.74) is 0. The van der Waals surface area contributed by atoms with Gasteiger partial charge in [0.25, 0.3) is 0 Å². The molecule has 0 radical (unpaired) electrons. The fourth-order valence-electron chi connectivity index (χ4n) is 3.97. The first-order valence-corrected chi connectivity index (χ1v) is 11.8. The fourth-order valence-corrected chi connectivity index (χ4v) is 5.82. The summed E-state index contributed by atoms with van der Waals surface area (Å²) in [7, 11) is -2.85. The van der Waals surface area contributed by atoms with Crippen molar-refractivity contribution in [3.63, 3.8) is 0 Å². The number of hydrogen-bond donors (Lipinski definition) is 2. The highest BCUT2D eigenvalue weighted by atomic mass is 127. The second kappa shape index (κ2) is 10.1. The monoisotopic (exact) mass is 515 g/mol. The number of nitrogens with zero attached hydrogens (tertiary/aromatic N) is 1. The maximum Gasteiger partial charge on any atom is 0.191 e. The number of aliphatic imine (C=N–C) groups is 1. The van der Waals surface area contributed by atoms with Gasteiger partial charge in [0.1, 0.15) is 6.10 Å². The molecule has 0 bridgehead atoms. The molecule has 3 rings (SSSR count). The van der Waals surface area contributed by atoms with Crippen LogP contribution in [0.3, 0.4) is 0 Å². The lowest BCUT2D eigenvalue weighted by Gasteiger charge is -2.34. The van der Waals surface area contributed by atoms with Crippen LogP contribution in [-0.2, 0) is 19.3 Å². The highest BCUT2D eigenvalue weighted by Crippen LogP contribution is 2.39. The summed E-state index contributed by atoms with van der Waals surface area (Å²) in [6.07, 6.45) is 5.03. The first-order valence-electron chi connectivity index (χ1n) is 9.94. The molecular weight excluding hydrogens is 481 g/mol. The summed E-state index contributed by atoms with van der Waals surface area (Å²) in [4.78, 5) is 4.57. The Morgan fingerprint density at radius 1 is 1.22 bits per heavy atom. The number of nitrogens with one attached hydrogen (secondary N) is 2. The van der Waals surface area contributed by atoms with E-state index >= 15 is 0 Å². The number of halogens is 1. The molecule has 3 aliphatic rings. The van der Waals surface area contributed by atoms with Gasteiger partial charge in [-0.25, -0.2) is 8.42 Å². The van der Waals surface area contributed by atoms with Crippen LogP contribution in [-0.4, -0.2) is 64.0 Å². The topological polar surface area (TPSA) is 89.0 Å². The number of guanidine groups is 1. The Morgan fingerprint density at radius 2 is 1.96 bits per heavy atom. The predicted molar refractivity (Wildman–Crippen MR) is 117 cm³/mol. The smallest absolute Gasteiger partial charge is 0.191 e. The first-order chi connectivity index (χ1) is 12.4. The molecule has 158 valence electrons. The van der Waals surface area contributed by atoms with Crippen molar-refractivity contribution in [1.29, 1.82) is 0 Å². The van der Waals surface area contributed by atoms with Gasteiger partial charge in [-0.1, -0.05) is 6.92 Å². The average Bonchev–Trinajstić information content (AvgIpc) is 3.16. The summed E-state index contributed by atoms with van der Waals surface area (Å²) in [6.45, 7) is 6.87. The van der Waals surface area contributed by atoms with Gasteiger partial charge in [0, 0.05) is 32.5 Å². The summed E-state index contributed by atoms with van der Waals surface area (Å²) in [5, 5.41) is 6.54. The molecule has 2 saturated heterocycles. The van der Waals surface area contributed by atoms with E-state index in [1.54, 1.807) is 0 Å². The maximum atomic E-state index is 11.6. The number of ether oxygens (including phenoxy) is 2. The Bertz CT molecular complexity index is 606. The molecule has 2 atom stereocenters. The predicted octanol–water partition coefficient (Wildman–Crippen LogP) is 1.92.